The Balaban J connectivity index is 1.32. The lowest BCUT2D eigenvalue weighted by Gasteiger charge is -2.26. The van der Waals surface area contributed by atoms with Gasteiger partial charge in [-0.05, 0) is 57.0 Å². The minimum atomic E-state index is -4.84. The molecule has 4 rings (SSSR count). The highest BCUT2D eigenvalue weighted by molar-refractivity contribution is 7.15. The first-order valence-electron chi connectivity index (χ1n) is 10.6. The van der Waals surface area contributed by atoms with Gasteiger partial charge < -0.3 is 14.5 Å². The number of hydrogen-bond donors (Lipinski definition) is 0. The molecule has 1 atom stereocenters. The summed E-state index contributed by atoms with van der Waals surface area (Å²) in [6, 6.07) is 8.30. The average Bonchev–Trinajstić information content (AvgIpc) is 3.35. The van der Waals surface area contributed by atoms with Gasteiger partial charge in [-0.25, -0.2) is 4.98 Å². The number of hydrogen-bond acceptors (Lipinski definition) is 5. The molecule has 1 unspecified atom stereocenters. The lowest BCUT2D eigenvalue weighted by atomic mass is 10.1. The van der Waals surface area contributed by atoms with Crippen LogP contribution in [-0.2, 0) is 17.8 Å². The summed E-state index contributed by atoms with van der Waals surface area (Å²) < 4.78 is 44.0. The molecule has 1 amide bonds. The first-order valence-corrected chi connectivity index (χ1v) is 11.4. The number of fused-ring (bicyclic) bond motifs is 1. The van der Waals surface area contributed by atoms with E-state index in [1.165, 1.54) is 30.7 Å². The quantitative estimate of drug-likeness (QED) is 0.604. The molecule has 31 heavy (non-hydrogen) atoms. The van der Waals surface area contributed by atoms with E-state index in [1.54, 1.807) is 0 Å². The third kappa shape index (κ3) is 5.20. The summed E-state index contributed by atoms with van der Waals surface area (Å²) >= 11 is 1.34. The molecule has 0 saturated carbocycles. The first kappa shape index (κ1) is 22.1. The van der Waals surface area contributed by atoms with Crippen molar-refractivity contribution in [3.8, 4) is 16.3 Å². The highest BCUT2D eigenvalue weighted by Crippen LogP contribution is 2.33. The van der Waals surface area contributed by atoms with Gasteiger partial charge in [0.05, 0.1) is 18.8 Å². The van der Waals surface area contributed by atoms with E-state index >= 15 is 0 Å². The normalized spacial score (nSPS) is 19.5. The van der Waals surface area contributed by atoms with Gasteiger partial charge in [0, 0.05) is 36.0 Å². The zero-order valence-electron chi connectivity index (χ0n) is 17.5. The van der Waals surface area contributed by atoms with Crippen LogP contribution in [0.4, 0.5) is 13.2 Å². The lowest BCUT2D eigenvalue weighted by Crippen LogP contribution is -2.43. The van der Waals surface area contributed by atoms with Crippen molar-refractivity contribution in [1.82, 2.24) is 14.8 Å². The third-order valence-electron chi connectivity index (χ3n) is 5.91. The topological polar surface area (TPSA) is 45.7 Å². The van der Waals surface area contributed by atoms with E-state index in [0.29, 0.717) is 19.1 Å². The molecule has 168 valence electrons. The van der Waals surface area contributed by atoms with E-state index in [2.05, 4.69) is 16.8 Å². The number of alkyl halides is 3. The maximum atomic E-state index is 12.7. The zero-order valence-corrected chi connectivity index (χ0v) is 18.3. The van der Waals surface area contributed by atoms with Gasteiger partial charge in [0.1, 0.15) is 10.8 Å². The van der Waals surface area contributed by atoms with Crippen LogP contribution in [0.3, 0.4) is 0 Å². The van der Waals surface area contributed by atoms with E-state index in [-0.39, 0.29) is 13.1 Å². The number of amides is 1. The van der Waals surface area contributed by atoms with Crippen molar-refractivity contribution >= 4 is 17.2 Å². The fourth-order valence-electron chi connectivity index (χ4n) is 4.15. The number of nitrogens with zero attached hydrogens (tertiary/aromatic N) is 3. The van der Waals surface area contributed by atoms with Crippen LogP contribution >= 0.6 is 11.3 Å². The van der Waals surface area contributed by atoms with Gasteiger partial charge in [0.15, 0.2) is 0 Å². The predicted octanol–water partition coefficient (Wildman–Crippen LogP) is 4.51. The van der Waals surface area contributed by atoms with Crippen molar-refractivity contribution in [1.29, 1.82) is 0 Å². The second kappa shape index (κ2) is 9.16. The Morgan fingerprint density at radius 1 is 1.26 bits per heavy atom. The van der Waals surface area contributed by atoms with Crippen LogP contribution in [0.1, 0.15) is 36.8 Å². The van der Waals surface area contributed by atoms with Crippen molar-refractivity contribution in [2.45, 2.75) is 51.4 Å². The first-order chi connectivity index (χ1) is 14.8. The van der Waals surface area contributed by atoms with Gasteiger partial charge in [-0.3, -0.25) is 4.79 Å². The van der Waals surface area contributed by atoms with Crippen LogP contribution < -0.4 is 4.74 Å². The molecular weight excluding hydrogens is 427 g/mol. The van der Waals surface area contributed by atoms with E-state index < -0.39 is 12.1 Å². The molecule has 2 aromatic rings. The Hall–Kier alpha value is -2.13. The van der Waals surface area contributed by atoms with E-state index in [9.17, 15) is 18.0 Å². The highest BCUT2D eigenvalue weighted by Gasteiger charge is 2.43. The van der Waals surface area contributed by atoms with Crippen LogP contribution in [0.15, 0.2) is 24.3 Å². The zero-order chi connectivity index (χ0) is 22.0. The number of benzene rings is 1. The van der Waals surface area contributed by atoms with Crippen molar-refractivity contribution in [2.24, 2.45) is 0 Å². The summed E-state index contributed by atoms with van der Waals surface area (Å²) in [5.74, 6) is -0.990. The second-order valence-electron chi connectivity index (χ2n) is 8.12. The Morgan fingerprint density at radius 3 is 2.71 bits per heavy atom. The maximum absolute atomic E-state index is 12.7. The van der Waals surface area contributed by atoms with Crippen LogP contribution in [-0.4, -0.2) is 59.2 Å². The summed E-state index contributed by atoms with van der Waals surface area (Å²) in [7, 11) is 0. The van der Waals surface area contributed by atoms with Crippen molar-refractivity contribution in [3.05, 3.63) is 34.8 Å². The number of aromatic nitrogens is 1. The number of carbonyl (C=O) groups is 1. The highest BCUT2D eigenvalue weighted by atomic mass is 32.1. The van der Waals surface area contributed by atoms with E-state index in [4.69, 9.17) is 4.74 Å². The van der Waals surface area contributed by atoms with E-state index in [0.717, 1.165) is 44.8 Å². The SMILES string of the molecule is CC1CCCN1CCCOc1ccc(-c2nc3c(s2)CN(C(=O)C(F)(F)F)CC3)cc1. The second-order valence-corrected chi connectivity index (χ2v) is 9.20. The molecule has 2 aliphatic rings. The number of ether oxygens (including phenoxy) is 1. The summed E-state index contributed by atoms with van der Waals surface area (Å²) in [5, 5.41) is 0.751. The van der Waals surface area contributed by atoms with Gasteiger partial charge in [0.2, 0.25) is 0 Å². The van der Waals surface area contributed by atoms with Gasteiger partial charge in [-0.2, -0.15) is 13.2 Å². The molecule has 0 spiro atoms. The molecule has 0 bridgehead atoms. The molecule has 0 aliphatic carbocycles. The number of thiazole rings is 1. The Kier molecular flexibility index (Phi) is 6.52. The number of carbonyl (C=O) groups excluding carboxylic acids is 1. The molecule has 5 nitrogen and oxygen atoms in total. The minimum absolute atomic E-state index is 0.0392. The van der Waals surface area contributed by atoms with Gasteiger partial charge >= 0.3 is 12.1 Å². The molecule has 3 heterocycles. The summed E-state index contributed by atoms with van der Waals surface area (Å²) in [4.78, 5) is 20.2. The molecule has 0 radical (unpaired) electrons. The minimum Gasteiger partial charge on any atom is -0.494 e. The molecule has 1 aromatic heterocycles. The molecule has 1 fully saturated rings. The van der Waals surface area contributed by atoms with Gasteiger partial charge in [-0.15, -0.1) is 11.3 Å². The average molecular weight is 454 g/mol. The van der Waals surface area contributed by atoms with Crippen LogP contribution in [0, 0.1) is 0 Å². The lowest BCUT2D eigenvalue weighted by molar-refractivity contribution is -0.186. The number of likely N-dealkylation sites (tertiary alicyclic amines) is 1. The van der Waals surface area contributed by atoms with Crippen LogP contribution in [0.25, 0.3) is 10.6 Å². The Bertz CT molecular complexity index is 914. The molecule has 0 N–H and O–H groups in total. The predicted molar refractivity (Wildman–Crippen MR) is 113 cm³/mol. The summed E-state index contributed by atoms with van der Waals surface area (Å²) in [6.45, 7) is 5.17. The number of halogens is 3. The third-order valence-corrected chi connectivity index (χ3v) is 7.04. The van der Waals surface area contributed by atoms with Crippen molar-refractivity contribution in [3.63, 3.8) is 0 Å². The standard InChI is InChI=1S/C22H26F3N3O2S/c1-15-4-2-10-27(15)11-3-13-30-17-7-5-16(6-8-17)20-26-18-9-12-28(14-19(18)31-20)21(29)22(23,24)25/h5-8,15H,2-4,9-14H2,1H3. The van der Waals surface area contributed by atoms with Crippen LogP contribution in [0.2, 0.25) is 0 Å². The fraction of sp³-hybridized carbons (Fsp3) is 0.545. The molecular formula is C22H26F3N3O2S. The Morgan fingerprint density at radius 2 is 2.03 bits per heavy atom. The Labute approximate surface area is 183 Å². The monoisotopic (exact) mass is 453 g/mol. The number of rotatable bonds is 6. The molecule has 2 aliphatic heterocycles. The van der Waals surface area contributed by atoms with Crippen molar-refractivity contribution in [2.75, 3.05) is 26.2 Å². The fourth-order valence-corrected chi connectivity index (χ4v) is 5.28. The summed E-state index contributed by atoms with van der Waals surface area (Å²) in [5.41, 5.74) is 1.68. The van der Waals surface area contributed by atoms with E-state index in [1.807, 2.05) is 24.3 Å². The molecule has 1 saturated heterocycles. The van der Waals surface area contributed by atoms with Gasteiger partial charge in [0.25, 0.3) is 0 Å². The van der Waals surface area contributed by atoms with Gasteiger partial charge in [-0.1, -0.05) is 0 Å². The molecule has 9 heteroatoms. The van der Waals surface area contributed by atoms with Crippen molar-refractivity contribution < 1.29 is 22.7 Å². The maximum Gasteiger partial charge on any atom is 0.471 e. The smallest absolute Gasteiger partial charge is 0.471 e. The van der Waals surface area contributed by atoms with Crippen LogP contribution in [0.5, 0.6) is 5.75 Å². The largest absolute Gasteiger partial charge is 0.494 e. The molecule has 1 aromatic carbocycles. The summed E-state index contributed by atoms with van der Waals surface area (Å²) in [6.07, 6.45) is -0.962.